The molecule has 2 aromatic carbocycles. The highest BCUT2D eigenvalue weighted by molar-refractivity contribution is 7.99. The second-order valence-electron chi connectivity index (χ2n) is 9.53. The number of likely N-dealkylation sites (tertiary alicyclic amines) is 1. The highest BCUT2D eigenvalue weighted by atomic mass is 35.5. The maximum Gasteiger partial charge on any atom is 0.409 e. The SMILES string of the molecule is O=[SH](=O)[C@@H](CC(F)(F)F)N1CC2(C1)OCc1cc(C3=NS[C@@](c4cc(Cl)c(F)c(Cl)c4)(C(F)(F)F)C3)ccc12. The number of halogens is 9. The van der Waals surface area contributed by atoms with E-state index in [2.05, 4.69) is 4.40 Å². The molecule has 16 heteroatoms. The third-order valence-corrected chi connectivity index (χ3v) is 9.85. The van der Waals surface area contributed by atoms with Gasteiger partial charge in [-0.15, -0.1) is 0 Å². The van der Waals surface area contributed by atoms with E-state index in [9.17, 15) is 39.2 Å². The average molecular weight is 637 g/mol. The summed E-state index contributed by atoms with van der Waals surface area (Å²) >= 11 is 11.8. The summed E-state index contributed by atoms with van der Waals surface area (Å²) in [6.45, 7) is -0.120. The number of rotatable bonds is 5. The first-order chi connectivity index (χ1) is 18.1. The molecule has 0 N–H and O–H groups in total. The Labute approximate surface area is 233 Å². The largest absolute Gasteiger partial charge is 0.409 e. The van der Waals surface area contributed by atoms with Crippen molar-refractivity contribution in [1.29, 1.82) is 0 Å². The Hall–Kier alpha value is -1.58. The van der Waals surface area contributed by atoms with Crippen LogP contribution in [0.15, 0.2) is 34.7 Å². The molecule has 3 aliphatic heterocycles. The van der Waals surface area contributed by atoms with Crippen molar-refractivity contribution < 1.29 is 43.9 Å². The predicted octanol–water partition coefficient (Wildman–Crippen LogP) is 6.36. The summed E-state index contributed by atoms with van der Waals surface area (Å²) in [6, 6.07) is 6.51. The van der Waals surface area contributed by atoms with Crippen molar-refractivity contribution in [2.75, 3.05) is 13.1 Å². The number of fused-ring (bicyclic) bond motifs is 2. The first-order valence-electron chi connectivity index (χ1n) is 11.2. The van der Waals surface area contributed by atoms with Crippen molar-refractivity contribution in [1.82, 2.24) is 4.90 Å². The van der Waals surface area contributed by atoms with Crippen molar-refractivity contribution >= 4 is 51.6 Å². The molecular weight excluding hydrogens is 620 g/mol. The summed E-state index contributed by atoms with van der Waals surface area (Å²) in [6.07, 6.45) is -11.6. The van der Waals surface area contributed by atoms with Crippen LogP contribution in [0.1, 0.15) is 35.1 Å². The lowest BCUT2D eigenvalue weighted by Crippen LogP contribution is -2.63. The Morgan fingerprint density at radius 1 is 1.08 bits per heavy atom. The van der Waals surface area contributed by atoms with Crippen molar-refractivity contribution in [2.24, 2.45) is 4.40 Å². The first kappa shape index (κ1) is 28.9. The molecule has 2 aromatic rings. The number of hydrogen-bond donors (Lipinski definition) is 1. The standard InChI is InChI=1S/C23H17Cl2F7N2O3S2/c24-15-4-13(5-16(25)19(15)26)21(23(30,31)32)6-17(33-38-21)11-1-2-14-12(3-11)8-37-20(14)9-34(10-20)18(39(35)36)7-22(27,28)29/h1-5,18,39H,6-10H2/t18-,21-/m0/s1. The third-order valence-electron chi connectivity index (χ3n) is 7.07. The van der Waals surface area contributed by atoms with E-state index in [1.165, 1.54) is 11.0 Å². The van der Waals surface area contributed by atoms with Crippen LogP contribution in [0.2, 0.25) is 10.0 Å². The van der Waals surface area contributed by atoms with Crippen LogP contribution in [0.4, 0.5) is 30.7 Å². The van der Waals surface area contributed by atoms with Crippen LogP contribution in [0.3, 0.4) is 0 Å². The summed E-state index contributed by atoms with van der Waals surface area (Å²) in [7, 11) is -3.37. The average Bonchev–Trinajstić information content (AvgIpc) is 3.42. The molecule has 5 nitrogen and oxygen atoms in total. The monoisotopic (exact) mass is 636 g/mol. The number of nitrogens with zero attached hydrogens (tertiary/aromatic N) is 2. The zero-order valence-electron chi connectivity index (χ0n) is 19.4. The van der Waals surface area contributed by atoms with Crippen LogP contribution in [0, 0.1) is 5.82 Å². The lowest BCUT2D eigenvalue weighted by Gasteiger charge is -2.49. The fourth-order valence-corrected chi connectivity index (χ4v) is 7.34. The summed E-state index contributed by atoms with van der Waals surface area (Å²) in [5.74, 6) is -1.03. The molecule has 3 aliphatic rings. The Balaban J connectivity index is 1.38. The lowest BCUT2D eigenvalue weighted by molar-refractivity contribution is -0.174. The number of ether oxygens (including phenoxy) is 1. The molecule has 1 spiro atoms. The maximum absolute atomic E-state index is 14.4. The molecule has 0 amide bonds. The minimum Gasteiger partial charge on any atom is -0.363 e. The van der Waals surface area contributed by atoms with Gasteiger partial charge in [-0.25, -0.2) is 17.2 Å². The van der Waals surface area contributed by atoms with Gasteiger partial charge in [0.05, 0.1) is 28.8 Å². The van der Waals surface area contributed by atoms with E-state index in [0.29, 0.717) is 16.7 Å². The van der Waals surface area contributed by atoms with E-state index >= 15 is 0 Å². The van der Waals surface area contributed by atoms with Crippen LogP contribution < -0.4 is 0 Å². The molecule has 0 radical (unpaired) electrons. The van der Waals surface area contributed by atoms with Gasteiger partial charge in [0.1, 0.15) is 11.0 Å². The Morgan fingerprint density at radius 3 is 2.28 bits per heavy atom. The normalized spacial score (nSPS) is 23.7. The number of alkyl halides is 6. The fraction of sp³-hybridized carbons (Fsp3) is 0.435. The van der Waals surface area contributed by atoms with Gasteiger partial charge in [-0.1, -0.05) is 35.3 Å². The molecule has 0 aliphatic carbocycles. The van der Waals surface area contributed by atoms with Crippen molar-refractivity contribution in [3.63, 3.8) is 0 Å². The van der Waals surface area contributed by atoms with Gasteiger partial charge in [-0.3, -0.25) is 4.90 Å². The maximum atomic E-state index is 14.4. The van der Waals surface area contributed by atoms with Crippen molar-refractivity contribution in [3.05, 3.63) is 68.4 Å². The summed E-state index contributed by atoms with van der Waals surface area (Å²) in [5, 5.41) is -2.82. The summed E-state index contributed by atoms with van der Waals surface area (Å²) in [4.78, 5) is 1.18. The van der Waals surface area contributed by atoms with Gasteiger partial charge in [-0.2, -0.15) is 26.3 Å². The van der Waals surface area contributed by atoms with E-state index in [-0.39, 0.29) is 42.9 Å². The molecule has 0 saturated carbocycles. The summed E-state index contributed by atoms with van der Waals surface area (Å²) in [5.41, 5.74) is 0.365. The van der Waals surface area contributed by atoms with Gasteiger partial charge in [-0.05, 0) is 52.4 Å². The van der Waals surface area contributed by atoms with Gasteiger partial charge in [0.2, 0.25) is 0 Å². The molecule has 1 fully saturated rings. The van der Waals surface area contributed by atoms with Crippen molar-refractivity contribution in [2.45, 2.75) is 47.5 Å². The highest BCUT2D eigenvalue weighted by Crippen LogP contribution is 2.57. The summed E-state index contributed by atoms with van der Waals surface area (Å²) < 4.78 is 126. The molecule has 0 unspecified atom stereocenters. The van der Waals surface area contributed by atoms with Crippen molar-refractivity contribution in [3.8, 4) is 0 Å². The minimum atomic E-state index is -4.80. The molecule has 3 heterocycles. The van der Waals surface area contributed by atoms with E-state index in [0.717, 1.165) is 12.1 Å². The fourth-order valence-electron chi connectivity index (χ4n) is 5.10. The quantitative estimate of drug-likeness (QED) is 0.179. The zero-order valence-corrected chi connectivity index (χ0v) is 22.6. The zero-order chi connectivity index (χ0) is 28.5. The Morgan fingerprint density at radius 2 is 1.72 bits per heavy atom. The van der Waals surface area contributed by atoms with E-state index in [1.54, 1.807) is 12.1 Å². The van der Waals surface area contributed by atoms with E-state index in [4.69, 9.17) is 27.9 Å². The molecular formula is C23H17Cl2F7N2O3S2. The third kappa shape index (κ3) is 5.05. The Kier molecular flexibility index (Phi) is 7.24. The van der Waals surface area contributed by atoms with Crippen LogP contribution in [0.5, 0.6) is 0 Å². The predicted molar refractivity (Wildman–Crippen MR) is 132 cm³/mol. The van der Waals surface area contributed by atoms with Gasteiger partial charge in [0.25, 0.3) is 0 Å². The van der Waals surface area contributed by atoms with Crippen LogP contribution in [-0.4, -0.2) is 49.8 Å². The van der Waals surface area contributed by atoms with Crippen LogP contribution >= 0.6 is 35.1 Å². The second kappa shape index (κ2) is 9.76. The second-order valence-corrected chi connectivity index (χ2v) is 12.6. The molecule has 0 bridgehead atoms. The van der Waals surface area contributed by atoms with Gasteiger partial charge < -0.3 is 4.74 Å². The van der Waals surface area contributed by atoms with E-state index < -0.39 is 67.5 Å². The molecule has 2 atom stereocenters. The molecule has 39 heavy (non-hydrogen) atoms. The van der Waals surface area contributed by atoms with E-state index in [1.807, 2.05) is 0 Å². The molecule has 0 aromatic heterocycles. The first-order valence-corrected chi connectivity index (χ1v) is 14.0. The van der Waals surface area contributed by atoms with Gasteiger partial charge in [0, 0.05) is 19.5 Å². The topological polar surface area (TPSA) is 59.0 Å². The van der Waals surface area contributed by atoms with Crippen LogP contribution in [0.25, 0.3) is 0 Å². The van der Waals surface area contributed by atoms with Gasteiger partial charge >= 0.3 is 12.4 Å². The molecule has 212 valence electrons. The number of thiol groups is 1. The highest BCUT2D eigenvalue weighted by Gasteiger charge is 2.60. The van der Waals surface area contributed by atoms with Crippen LogP contribution in [-0.2, 0) is 32.4 Å². The molecule has 1 saturated heterocycles. The number of hydrogen-bond acceptors (Lipinski definition) is 6. The number of benzene rings is 2. The van der Waals surface area contributed by atoms with Gasteiger partial charge in [0.15, 0.2) is 21.3 Å². The minimum absolute atomic E-state index is 0.0402. The smallest absolute Gasteiger partial charge is 0.363 e. The molecule has 5 rings (SSSR count). The Bertz CT molecular complexity index is 1410. The lowest BCUT2D eigenvalue weighted by atomic mass is 9.83.